The largest absolute Gasteiger partial charge is 0.573 e. The fourth-order valence-electron chi connectivity index (χ4n) is 1.97. The van der Waals surface area contributed by atoms with Gasteiger partial charge in [-0.3, -0.25) is 0 Å². The number of benzene rings is 2. The molecule has 0 saturated carbocycles. The minimum absolute atomic E-state index is 0.0277. The van der Waals surface area contributed by atoms with Gasteiger partial charge in [-0.1, -0.05) is 30.3 Å². The van der Waals surface area contributed by atoms with E-state index in [1.807, 2.05) is 0 Å². The molecule has 0 radical (unpaired) electrons. The molecule has 122 valence electrons. The fourth-order valence-corrected chi connectivity index (χ4v) is 1.97. The zero-order chi connectivity index (χ0) is 17.2. The van der Waals surface area contributed by atoms with E-state index in [4.69, 9.17) is 5.11 Å². The van der Waals surface area contributed by atoms with Crippen molar-refractivity contribution in [3.8, 4) is 16.9 Å². The van der Waals surface area contributed by atoms with Crippen molar-refractivity contribution in [1.29, 1.82) is 0 Å². The Kier molecular flexibility index (Phi) is 4.55. The van der Waals surface area contributed by atoms with Crippen molar-refractivity contribution in [3.05, 3.63) is 53.8 Å². The van der Waals surface area contributed by atoms with Gasteiger partial charge in [-0.05, 0) is 17.7 Å². The molecule has 0 fully saturated rings. The van der Waals surface area contributed by atoms with Crippen LogP contribution >= 0.6 is 0 Å². The van der Waals surface area contributed by atoms with E-state index in [0.29, 0.717) is 0 Å². The second-order valence-electron chi connectivity index (χ2n) is 4.52. The summed E-state index contributed by atoms with van der Waals surface area (Å²) in [5.41, 5.74) is -0.473. The number of carbonyl (C=O) groups is 1. The van der Waals surface area contributed by atoms with Gasteiger partial charge in [0.15, 0.2) is 6.10 Å². The normalized spacial score (nSPS) is 12.7. The molecule has 4 nitrogen and oxygen atoms in total. The SMILES string of the molecule is O=C(O)C(O)c1ccc(-c2ccccc2OC(F)(F)F)cc1F. The number of hydrogen-bond acceptors (Lipinski definition) is 3. The van der Waals surface area contributed by atoms with Crippen molar-refractivity contribution < 1.29 is 37.3 Å². The Hall–Kier alpha value is -2.61. The predicted octanol–water partition coefficient (Wildman–Crippen LogP) is 3.51. The Morgan fingerprint density at radius 1 is 1.13 bits per heavy atom. The fraction of sp³-hybridized carbons (Fsp3) is 0.133. The number of alkyl halides is 3. The predicted molar refractivity (Wildman–Crippen MR) is 71.1 cm³/mol. The molecule has 0 heterocycles. The Bertz CT molecular complexity index is 728. The summed E-state index contributed by atoms with van der Waals surface area (Å²) in [6, 6.07) is 8.15. The maximum absolute atomic E-state index is 13.9. The van der Waals surface area contributed by atoms with Gasteiger partial charge in [0.25, 0.3) is 0 Å². The molecular formula is C15H10F4O4. The van der Waals surface area contributed by atoms with Gasteiger partial charge >= 0.3 is 12.3 Å². The van der Waals surface area contributed by atoms with Crippen LogP contribution in [0.4, 0.5) is 17.6 Å². The molecule has 1 unspecified atom stereocenters. The lowest BCUT2D eigenvalue weighted by Gasteiger charge is -2.14. The van der Waals surface area contributed by atoms with Gasteiger partial charge in [-0.2, -0.15) is 0 Å². The lowest BCUT2D eigenvalue weighted by Crippen LogP contribution is -2.17. The number of ether oxygens (including phenoxy) is 1. The highest BCUT2D eigenvalue weighted by atomic mass is 19.4. The molecule has 0 bridgehead atoms. The smallest absolute Gasteiger partial charge is 0.479 e. The summed E-state index contributed by atoms with van der Waals surface area (Å²) in [5, 5.41) is 18.0. The number of carboxylic acid groups (broad SMARTS) is 1. The van der Waals surface area contributed by atoms with E-state index >= 15 is 0 Å². The maximum Gasteiger partial charge on any atom is 0.573 e. The second kappa shape index (κ2) is 6.25. The average molecular weight is 330 g/mol. The number of hydrogen-bond donors (Lipinski definition) is 2. The van der Waals surface area contributed by atoms with E-state index in [9.17, 15) is 27.5 Å². The van der Waals surface area contributed by atoms with Crippen LogP contribution in [0.3, 0.4) is 0 Å². The van der Waals surface area contributed by atoms with Crippen molar-refractivity contribution in [2.75, 3.05) is 0 Å². The first kappa shape index (κ1) is 16.8. The lowest BCUT2D eigenvalue weighted by atomic mass is 10.0. The number of para-hydroxylation sites is 1. The summed E-state index contributed by atoms with van der Waals surface area (Å²) >= 11 is 0. The van der Waals surface area contributed by atoms with E-state index in [0.717, 1.165) is 18.2 Å². The first-order valence-corrected chi connectivity index (χ1v) is 6.24. The zero-order valence-electron chi connectivity index (χ0n) is 11.3. The number of halogens is 4. The van der Waals surface area contributed by atoms with Crippen molar-refractivity contribution in [1.82, 2.24) is 0 Å². The number of aliphatic carboxylic acids is 1. The molecule has 1 atom stereocenters. The number of rotatable bonds is 4. The summed E-state index contributed by atoms with van der Waals surface area (Å²) < 4.78 is 54.9. The number of carboxylic acids is 1. The molecule has 0 aliphatic carbocycles. The van der Waals surface area contributed by atoms with Gasteiger partial charge in [-0.15, -0.1) is 13.2 Å². The van der Waals surface area contributed by atoms with Crippen LogP contribution in [0, 0.1) is 5.82 Å². The van der Waals surface area contributed by atoms with Crippen LogP contribution in [0.25, 0.3) is 11.1 Å². The van der Waals surface area contributed by atoms with E-state index in [1.165, 1.54) is 24.3 Å². The Morgan fingerprint density at radius 2 is 1.78 bits per heavy atom. The molecule has 0 aliphatic rings. The second-order valence-corrected chi connectivity index (χ2v) is 4.52. The first-order chi connectivity index (χ1) is 10.7. The van der Waals surface area contributed by atoms with Gasteiger partial charge in [-0.25, -0.2) is 9.18 Å². The number of aliphatic hydroxyl groups excluding tert-OH is 1. The van der Waals surface area contributed by atoms with E-state index < -0.39 is 35.6 Å². The summed E-state index contributed by atoms with van der Waals surface area (Å²) in [7, 11) is 0. The topological polar surface area (TPSA) is 66.8 Å². The van der Waals surface area contributed by atoms with Crippen LogP contribution in [0.1, 0.15) is 11.7 Å². The third-order valence-corrected chi connectivity index (χ3v) is 2.95. The summed E-state index contributed by atoms with van der Waals surface area (Å²) in [6.07, 6.45) is -6.97. The Morgan fingerprint density at radius 3 is 2.35 bits per heavy atom. The van der Waals surface area contributed by atoms with Crippen LogP contribution in [0.15, 0.2) is 42.5 Å². The van der Waals surface area contributed by atoms with Crippen molar-refractivity contribution >= 4 is 5.97 Å². The summed E-state index contributed by atoms with van der Waals surface area (Å²) in [6.45, 7) is 0. The van der Waals surface area contributed by atoms with Gasteiger partial charge in [0, 0.05) is 11.1 Å². The number of aliphatic hydroxyl groups is 1. The average Bonchev–Trinajstić information content (AvgIpc) is 2.45. The van der Waals surface area contributed by atoms with Crippen molar-refractivity contribution in [3.63, 3.8) is 0 Å². The first-order valence-electron chi connectivity index (χ1n) is 6.24. The van der Waals surface area contributed by atoms with Crippen molar-refractivity contribution in [2.24, 2.45) is 0 Å². The lowest BCUT2D eigenvalue weighted by molar-refractivity contribution is -0.274. The summed E-state index contributed by atoms with van der Waals surface area (Å²) in [4.78, 5) is 10.7. The molecular weight excluding hydrogens is 320 g/mol. The molecule has 8 heteroatoms. The monoisotopic (exact) mass is 330 g/mol. The van der Waals surface area contributed by atoms with E-state index in [-0.39, 0.29) is 11.1 Å². The molecule has 0 amide bonds. The quantitative estimate of drug-likeness (QED) is 0.842. The van der Waals surface area contributed by atoms with Crippen molar-refractivity contribution in [2.45, 2.75) is 12.5 Å². The van der Waals surface area contributed by atoms with E-state index in [2.05, 4.69) is 4.74 Å². The molecule has 2 N–H and O–H groups in total. The highest BCUT2D eigenvalue weighted by Crippen LogP contribution is 2.34. The molecule has 2 aromatic carbocycles. The zero-order valence-corrected chi connectivity index (χ0v) is 11.3. The molecule has 0 aromatic heterocycles. The van der Waals surface area contributed by atoms with Gasteiger partial charge < -0.3 is 14.9 Å². The van der Waals surface area contributed by atoms with Gasteiger partial charge in [0.05, 0.1) is 0 Å². The Labute approximate surface area is 127 Å². The molecule has 0 spiro atoms. The third kappa shape index (κ3) is 3.98. The third-order valence-electron chi connectivity index (χ3n) is 2.95. The Balaban J connectivity index is 2.44. The van der Waals surface area contributed by atoms with Crippen LogP contribution < -0.4 is 4.74 Å². The molecule has 2 aromatic rings. The van der Waals surface area contributed by atoms with Gasteiger partial charge in [0.2, 0.25) is 0 Å². The maximum atomic E-state index is 13.9. The highest BCUT2D eigenvalue weighted by molar-refractivity contribution is 5.75. The van der Waals surface area contributed by atoms with Crippen LogP contribution in [0.2, 0.25) is 0 Å². The minimum Gasteiger partial charge on any atom is -0.479 e. The molecule has 2 rings (SSSR count). The van der Waals surface area contributed by atoms with Crippen LogP contribution in [0.5, 0.6) is 5.75 Å². The van der Waals surface area contributed by atoms with E-state index in [1.54, 1.807) is 0 Å². The standard InChI is InChI=1S/C15H10F4O4/c16-11-7-8(5-6-10(11)13(20)14(21)22)9-3-1-2-4-12(9)23-15(17,18)19/h1-7,13,20H,(H,21,22). The van der Waals surface area contributed by atoms with Gasteiger partial charge in [0.1, 0.15) is 11.6 Å². The van der Waals surface area contributed by atoms with Crippen LogP contribution in [-0.2, 0) is 4.79 Å². The van der Waals surface area contributed by atoms with Crippen LogP contribution in [-0.4, -0.2) is 22.5 Å². The molecule has 0 aliphatic heterocycles. The molecule has 0 saturated heterocycles. The minimum atomic E-state index is -4.91. The summed E-state index contributed by atoms with van der Waals surface area (Å²) in [5.74, 6) is -3.22. The molecule has 23 heavy (non-hydrogen) atoms. The highest BCUT2D eigenvalue weighted by Gasteiger charge is 2.32.